The zero-order valence-electron chi connectivity index (χ0n) is 10.3. The smallest absolute Gasteiger partial charge is 0.236 e. The van der Waals surface area contributed by atoms with E-state index in [-0.39, 0.29) is 5.91 Å². The van der Waals surface area contributed by atoms with Gasteiger partial charge in [0.2, 0.25) is 5.91 Å². The average Bonchev–Trinajstić information content (AvgIpc) is 2.23. The molecule has 0 radical (unpaired) electrons. The number of amides is 1. The van der Waals surface area contributed by atoms with Crippen LogP contribution in [0.2, 0.25) is 0 Å². The minimum Gasteiger partial charge on any atom is -0.339 e. The van der Waals surface area contributed by atoms with Gasteiger partial charge in [0, 0.05) is 26.2 Å². The van der Waals surface area contributed by atoms with Gasteiger partial charge in [-0.1, -0.05) is 6.92 Å². The van der Waals surface area contributed by atoms with Gasteiger partial charge in [0.1, 0.15) is 0 Å². The number of hydrogen-bond donors (Lipinski definition) is 1. The lowest BCUT2D eigenvalue weighted by atomic mass is 10.1. The molecule has 1 rings (SSSR count). The zero-order chi connectivity index (χ0) is 11.4. The maximum Gasteiger partial charge on any atom is 0.236 e. The van der Waals surface area contributed by atoms with E-state index in [2.05, 4.69) is 24.1 Å². The summed E-state index contributed by atoms with van der Waals surface area (Å²) in [5.74, 6) is 0.238. The van der Waals surface area contributed by atoms with Gasteiger partial charge in [-0.3, -0.25) is 9.69 Å². The summed E-state index contributed by atoms with van der Waals surface area (Å²) in [6.45, 7) is 6.79. The third kappa shape index (κ3) is 2.92. The number of nitrogens with one attached hydrogen (secondary N) is 1. The Morgan fingerprint density at radius 3 is 2.80 bits per heavy atom. The molecular formula is C11H23N3O. The standard InChI is InChI=1S/C11H23N3O/c1-5-9(2)14-7-10(6-12-3)13(4)11(15)8-14/h9-10,12H,5-8H2,1-4H3. The van der Waals surface area contributed by atoms with E-state index in [1.54, 1.807) is 0 Å². The van der Waals surface area contributed by atoms with Crippen LogP contribution in [0, 0.1) is 0 Å². The average molecular weight is 213 g/mol. The Labute approximate surface area is 92.6 Å². The van der Waals surface area contributed by atoms with Gasteiger partial charge >= 0.3 is 0 Å². The Balaban J connectivity index is 2.62. The van der Waals surface area contributed by atoms with Crippen molar-refractivity contribution in [3.8, 4) is 0 Å². The molecule has 2 atom stereocenters. The van der Waals surface area contributed by atoms with Crippen molar-refractivity contribution in [3.63, 3.8) is 0 Å². The molecule has 4 nitrogen and oxygen atoms in total. The predicted molar refractivity (Wildman–Crippen MR) is 61.8 cm³/mol. The van der Waals surface area contributed by atoms with Crippen molar-refractivity contribution in [1.82, 2.24) is 15.1 Å². The summed E-state index contributed by atoms with van der Waals surface area (Å²) in [7, 11) is 3.83. The van der Waals surface area contributed by atoms with Crippen molar-refractivity contribution in [1.29, 1.82) is 0 Å². The van der Waals surface area contributed by atoms with E-state index in [4.69, 9.17) is 0 Å². The zero-order valence-corrected chi connectivity index (χ0v) is 10.3. The number of rotatable bonds is 4. The molecule has 2 unspecified atom stereocenters. The molecule has 0 aromatic carbocycles. The lowest BCUT2D eigenvalue weighted by molar-refractivity contribution is -0.138. The van der Waals surface area contributed by atoms with Crippen LogP contribution < -0.4 is 5.32 Å². The Bertz CT molecular complexity index is 220. The van der Waals surface area contributed by atoms with Crippen LogP contribution in [0.1, 0.15) is 20.3 Å². The van der Waals surface area contributed by atoms with Crippen LogP contribution >= 0.6 is 0 Å². The molecule has 0 aromatic heterocycles. The van der Waals surface area contributed by atoms with Gasteiger partial charge in [0.05, 0.1) is 12.6 Å². The van der Waals surface area contributed by atoms with Gasteiger partial charge in [-0.15, -0.1) is 0 Å². The molecule has 1 fully saturated rings. The van der Waals surface area contributed by atoms with Crippen molar-refractivity contribution in [2.24, 2.45) is 0 Å². The van der Waals surface area contributed by atoms with Crippen LogP contribution in [-0.4, -0.2) is 61.5 Å². The lowest BCUT2D eigenvalue weighted by Crippen LogP contribution is -2.59. The number of carbonyl (C=O) groups is 1. The highest BCUT2D eigenvalue weighted by molar-refractivity contribution is 5.79. The van der Waals surface area contributed by atoms with Gasteiger partial charge < -0.3 is 10.2 Å². The number of likely N-dealkylation sites (N-methyl/N-ethyl adjacent to an activating group) is 2. The van der Waals surface area contributed by atoms with Crippen LogP contribution in [0.3, 0.4) is 0 Å². The Hall–Kier alpha value is -0.610. The van der Waals surface area contributed by atoms with E-state index >= 15 is 0 Å². The summed E-state index contributed by atoms with van der Waals surface area (Å²) < 4.78 is 0. The monoisotopic (exact) mass is 213 g/mol. The summed E-state index contributed by atoms with van der Waals surface area (Å²) in [5, 5.41) is 3.15. The van der Waals surface area contributed by atoms with E-state index in [1.807, 2.05) is 19.0 Å². The van der Waals surface area contributed by atoms with Crippen molar-refractivity contribution in [2.75, 3.05) is 33.7 Å². The van der Waals surface area contributed by atoms with E-state index in [9.17, 15) is 4.79 Å². The molecule has 1 aliphatic heterocycles. The van der Waals surface area contributed by atoms with Gasteiger partial charge in [0.15, 0.2) is 0 Å². The van der Waals surface area contributed by atoms with E-state index < -0.39 is 0 Å². The second-order valence-corrected chi connectivity index (χ2v) is 4.40. The molecule has 0 aliphatic carbocycles. The first kappa shape index (κ1) is 12.5. The van der Waals surface area contributed by atoms with E-state index in [1.165, 1.54) is 0 Å². The highest BCUT2D eigenvalue weighted by atomic mass is 16.2. The molecule has 4 heteroatoms. The minimum atomic E-state index is 0.238. The summed E-state index contributed by atoms with van der Waals surface area (Å²) >= 11 is 0. The fraction of sp³-hybridized carbons (Fsp3) is 0.909. The van der Waals surface area contributed by atoms with E-state index in [0.717, 1.165) is 19.5 Å². The van der Waals surface area contributed by atoms with Crippen molar-refractivity contribution in [2.45, 2.75) is 32.4 Å². The van der Waals surface area contributed by atoms with Gasteiger partial charge in [-0.2, -0.15) is 0 Å². The third-order valence-corrected chi connectivity index (χ3v) is 3.38. The Morgan fingerprint density at radius 2 is 2.27 bits per heavy atom. The molecule has 1 amide bonds. The summed E-state index contributed by atoms with van der Waals surface area (Å²) in [6.07, 6.45) is 1.10. The molecule has 1 saturated heterocycles. The molecule has 1 N–H and O–H groups in total. The van der Waals surface area contributed by atoms with Crippen LogP contribution in [-0.2, 0) is 4.79 Å². The number of nitrogens with zero attached hydrogens (tertiary/aromatic N) is 2. The van der Waals surface area contributed by atoms with Crippen LogP contribution in [0.5, 0.6) is 0 Å². The molecule has 0 saturated carbocycles. The predicted octanol–water partition coefficient (Wildman–Crippen LogP) is 0.147. The summed E-state index contributed by atoms with van der Waals surface area (Å²) in [5.41, 5.74) is 0. The lowest BCUT2D eigenvalue weighted by Gasteiger charge is -2.41. The Kier molecular flexibility index (Phi) is 4.54. The summed E-state index contributed by atoms with van der Waals surface area (Å²) in [6, 6.07) is 0.812. The normalized spacial score (nSPS) is 25.7. The largest absolute Gasteiger partial charge is 0.339 e. The molecule has 0 aromatic rings. The third-order valence-electron chi connectivity index (χ3n) is 3.38. The van der Waals surface area contributed by atoms with Crippen molar-refractivity contribution >= 4 is 5.91 Å². The molecule has 1 aliphatic rings. The molecular weight excluding hydrogens is 190 g/mol. The van der Waals surface area contributed by atoms with E-state index in [0.29, 0.717) is 18.6 Å². The maximum absolute atomic E-state index is 11.8. The summed E-state index contributed by atoms with van der Waals surface area (Å²) in [4.78, 5) is 15.9. The molecule has 88 valence electrons. The molecule has 0 bridgehead atoms. The second kappa shape index (κ2) is 5.47. The van der Waals surface area contributed by atoms with Crippen LogP contribution in [0.4, 0.5) is 0 Å². The number of carbonyl (C=O) groups excluding carboxylic acids is 1. The highest BCUT2D eigenvalue weighted by Crippen LogP contribution is 2.13. The fourth-order valence-corrected chi connectivity index (χ4v) is 1.98. The minimum absolute atomic E-state index is 0.238. The number of hydrogen-bond acceptors (Lipinski definition) is 3. The second-order valence-electron chi connectivity index (χ2n) is 4.40. The molecule has 0 spiro atoms. The highest BCUT2D eigenvalue weighted by Gasteiger charge is 2.30. The first-order chi connectivity index (χ1) is 7.10. The number of piperazine rings is 1. The van der Waals surface area contributed by atoms with Crippen molar-refractivity contribution in [3.05, 3.63) is 0 Å². The quantitative estimate of drug-likeness (QED) is 0.722. The van der Waals surface area contributed by atoms with Crippen molar-refractivity contribution < 1.29 is 4.79 Å². The first-order valence-corrected chi connectivity index (χ1v) is 5.74. The maximum atomic E-state index is 11.8. The first-order valence-electron chi connectivity index (χ1n) is 5.74. The van der Waals surface area contributed by atoms with Gasteiger partial charge in [-0.05, 0) is 20.4 Å². The van der Waals surface area contributed by atoms with Crippen LogP contribution in [0.15, 0.2) is 0 Å². The molecule has 15 heavy (non-hydrogen) atoms. The van der Waals surface area contributed by atoms with Crippen LogP contribution in [0.25, 0.3) is 0 Å². The topological polar surface area (TPSA) is 35.6 Å². The molecule has 1 heterocycles. The van der Waals surface area contributed by atoms with Gasteiger partial charge in [-0.25, -0.2) is 0 Å². The fourth-order valence-electron chi connectivity index (χ4n) is 1.98. The van der Waals surface area contributed by atoms with Gasteiger partial charge in [0.25, 0.3) is 0 Å². The Morgan fingerprint density at radius 1 is 1.60 bits per heavy atom. The SMILES string of the molecule is CCC(C)N1CC(=O)N(C)C(CNC)C1.